The molecule has 1 N–H and O–H groups in total. The van der Waals surface area contributed by atoms with E-state index in [4.69, 9.17) is 9.47 Å². The van der Waals surface area contributed by atoms with Crippen molar-refractivity contribution >= 4 is 0 Å². The Balaban J connectivity index is 1.88. The smallest absolute Gasteiger partial charge is 0.212 e. The van der Waals surface area contributed by atoms with E-state index in [9.17, 15) is 5.11 Å². The third-order valence-corrected chi connectivity index (χ3v) is 3.57. The second-order valence-corrected chi connectivity index (χ2v) is 5.03. The predicted octanol–water partition coefficient (Wildman–Crippen LogP) is 2.96. The van der Waals surface area contributed by atoms with Gasteiger partial charge < -0.3 is 14.6 Å². The van der Waals surface area contributed by atoms with Gasteiger partial charge >= 0.3 is 0 Å². The van der Waals surface area contributed by atoms with Crippen LogP contribution < -0.4 is 9.47 Å². The molecule has 20 heavy (non-hydrogen) atoms. The van der Waals surface area contributed by atoms with E-state index in [-0.39, 0.29) is 6.10 Å². The average molecular weight is 271 g/mol. The molecule has 0 fully saturated rings. The molecule has 0 saturated heterocycles. The van der Waals surface area contributed by atoms with Crippen molar-refractivity contribution in [3.8, 4) is 11.6 Å². The first kappa shape index (κ1) is 12.9. The lowest BCUT2D eigenvalue weighted by Crippen LogP contribution is -2.19. The van der Waals surface area contributed by atoms with Gasteiger partial charge in [-0.2, -0.15) is 0 Å². The summed E-state index contributed by atoms with van der Waals surface area (Å²) in [5.41, 5.74) is 2.93. The third kappa shape index (κ3) is 2.34. The van der Waals surface area contributed by atoms with E-state index in [0.717, 1.165) is 22.4 Å². The van der Waals surface area contributed by atoms with Crippen LogP contribution in [0.25, 0.3) is 0 Å². The Morgan fingerprint density at radius 1 is 1.30 bits per heavy atom. The first-order valence-corrected chi connectivity index (χ1v) is 6.62. The summed E-state index contributed by atoms with van der Waals surface area (Å²) in [6, 6.07) is 9.60. The van der Waals surface area contributed by atoms with E-state index in [2.05, 4.69) is 4.98 Å². The molecule has 4 nitrogen and oxygen atoms in total. The van der Waals surface area contributed by atoms with Gasteiger partial charge in [-0.25, -0.2) is 4.98 Å². The van der Waals surface area contributed by atoms with Crippen molar-refractivity contribution in [2.75, 3.05) is 7.11 Å². The molecule has 0 amide bonds. The van der Waals surface area contributed by atoms with Crippen LogP contribution in [-0.4, -0.2) is 17.2 Å². The molecule has 0 aliphatic carbocycles. The zero-order valence-electron chi connectivity index (χ0n) is 11.5. The fourth-order valence-corrected chi connectivity index (χ4v) is 2.47. The number of aliphatic hydroxyl groups excluding tert-OH is 1. The summed E-state index contributed by atoms with van der Waals surface area (Å²) in [4.78, 5) is 4.18. The number of hydrogen-bond acceptors (Lipinski definition) is 4. The van der Waals surface area contributed by atoms with Gasteiger partial charge in [0.1, 0.15) is 11.9 Å². The predicted molar refractivity (Wildman–Crippen MR) is 74.9 cm³/mol. The molecule has 1 aromatic carbocycles. The summed E-state index contributed by atoms with van der Waals surface area (Å²) in [5, 5.41) is 10.3. The van der Waals surface area contributed by atoms with Gasteiger partial charge in [0.2, 0.25) is 5.88 Å². The number of aryl methyl sites for hydroxylation is 1. The van der Waals surface area contributed by atoms with Gasteiger partial charge in [0.05, 0.1) is 13.2 Å². The van der Waals surface area contributed by atoms with Gasteiger partial charge in [0, 0.05) is 29.8 Å². The van der Waals surface area contributed by atoms with E-state index >= 15 is 0 Å². The standard InChI is InChI=1S/C16H17NO3/c1-10-3-5-14-12(7-10)13(18)8-15(20-14)11-4-6-16(19-2)17-9-11/h3-7,9,13,15,18H,8H2,1-2H3/t13-,15?/m1/s1. The Bertz CT molecular complexity index is 610. The normalized spacial score (nSPS) is 20.9. The molecule has 0 spiro atoms. The lowest BCUT2D eigenvalue weighted by molar-refractivity contribution is 0.0655. The van der Waals surface area contributed by atoms with Crippen molar-refractivity contribution in [1.82, 2.24) is 4.98 Å². The van der Waals surface area contributed by atoms with Crippen molar-refractivity contribution in [3.05, 3.63) is 53.2 Å². The Labute approximate surface area is 118 Å². The van der Waals surface area contributed by atoms with Gasteiger partial charge in [-0.05, 0) is 25.1 Å². The fourth-order valence-electron chi connectivity index (χ4n) is 2.47. The van der Waals surface area contributed by atoms with E-state index in [1.807, 2.05) is 31.2 Å². The highest BCUT2D eigenvalue weighted by Gasteiger charge is 2.28. The number of ether oxygens (including phenoxy) is 2. The molecule has 0 bridgehead atoms. The summed E-state index contributed by atoms with van der Waals surface area (Å²) in [7, 11) is 1.58. The monoisotopic (exact) mass is 271 g/mol. The molecule has 104 valence electrons. The molecule has 1 aliphatic rings. The minimum atomic E-state index is -0.509. The summed E-state index contributed by atoms with van der Waals surface area (Å²) >= 11 is 0. The van der Waals surface area contributed by atoms with Gasteiger partial charge in [0.25, 0.3) is 0 Å². The number of pyridine rings is 1. The zero-order chi connectivity index (χ0) is 14.1. The maximum absolute atomic E-state index is 10.3. The number of aromatic nitrogens is 1. The molecule has 0 radical (unpaired) electrons. The van der Waals surface area contributed by atoms with Crippen LogP contribution in [-0.2, 0) is 0 Å². The van der Waals surface area contributed by atoms with Crippen LogP contribution in [0, 0.1) is 6.92 Å². The summed E-state index contributed by atoms with van der Waals surface area (Å²) in [6.07, 6.45) is 1.57. The topological polar surface area (TPSA) is 51.6 Å². The van der Waals surface area contributed by atoms with Crippen LogP contribution >= 0.6 is 0 Å². The molecule has 4 heteroatoms. The van der Waals surface area contributed by atoms with Crippen molar-refractivity contribution in [1.29, 1.82) is 0 Å². The number of fused-ring (bicyclic) bond motifs is 1. The average Bonchev–Trinajstić information content (AvgIpc) is 2.48. The Hall–Kier alpha value is -2.07. The maximum atomic E-state index is 10.3. The fraction of sp³-hybridized carbons (Fsp3) is 0.312. The van der Waals surface area contributed by atoms with Crippen molar-refractivity contribution in [3.63, 3.8) is 0 Å². The number of benzene rings is 1. The second-order valence-electron chi connectivity index (χ2n) is 5.03. The first-order valence-electron chi connectivity index (χ1n) is 6.62. The zero-order valence-corrected chi connectivity index (χ0v) is 11.5. The molecule has 3 rings (SSSR count). The highest BCUT2D eigenvalue weighted by Crippen LogP contribution is 2.40. The van der Waals surface area contributed by atoms with Crippen molar-refractivity contribution in [2.24, 2.45) is 0 Å². The highest BCUT2D eigenvalue weighted by molar-refractivity contribution is 5.41. The molecule has 2 atom stereocenters. The SMILES string of the molecule is COc1ccc(C2C[C@@H](O)c3cc(C)ccc3O2)cn1. The Kier molecular flexibility index (Phi) is 3.32. The van der Waals surface area contributed by atoms with Gasteiger partial charge in [-0.15, -0.1) is 0 Å². The molecule has 1 unspecified atom stereocenters. The maximum Gasteiger partial charge on any atom is 0.212 e. The van der Waals surface area contributed by atoms with E-state index in [0.29, 0.717) is 12.3 Å². The van der Waals surface area contributed by atoms with Crippen LogP contribution in [0.4, 0.5) is 0 Å². The van der Waals surface area contributed by atoms with Crippen molar-refractivity contribution < 1.29 is 14.6 Å². The largest absolute Gasteiger partial charge is 0.485 e. The summed E-state index contributed by atoms with van der Waals surface area (Å²) in [6.45, 7) is 2.01. The molecular formula is C16H17NO3. The summed E-state index contributed by atoms with van der Waals surface area (Å²) in [5.74, 6) is 1.32. The molecule has 1 aliphatic heterocycles. The Morgan fingerprint density at radius 2 is 2.15 bits per heavy atom. The third-order valence-electron chi connectivity index (χ3n) is 3.57. The second kappa shape index (κ2) is 5.13. The quantitative estimate of drug-likeness (QED) is 0.912. The van der Waals surface area contributed by atoms with Gasteiger partial charge in [-0.1, -0.05) is 11.6 Å². The molecule has 1 aromatic heterocycles. The number of rotatable bonds is 2. The van der Waals surface area contributed by atoms with Crippen LogP contribution in [0.3, 0.4) is 0 Å². The first-order chi connectivity index (χ1) is 9.67. The van der Waals surface area contributed by atoms with Gasteiger partial charge in [-0.3, -0.25) is 0 Å². The van der Waals surface area contributed by atoms with E-state index in [1.54, 1.807) is 19.4 Å². The number of methoxy groups -OCH3 is 1. The lowest BCUT2D eigenvalue weighted by atomic mass is 9.95. The van der Waals surface area contributed by atoms with Gasteiger partial charge in [0.15, 0.2) is 0 Å². The lowest BCUT2D eigenvalue weighted by Gasteiger charge is -2.30. The highest BCUT2D eigenvalue weighted by atomic mass is 16.5. The van der Waals surface area contributed by atoms with Crippen LogP contribution in [0.1, 0.15) is 35.3 Å². The molecule has 2 heterocycles. The number of hydrogen-bond donors (Lipinski definition) is 1. The number of aliphatic hydroxyl groups is 1. The van der Waals surface area contributed by atoms with Crippen molar-refractivity contribution in [2.45, 2.75) is 25.6 Å². The number of nitrogens with zero attached hydrogens (tertiary/aromatic N) is 1. The van der Waals surface area contributed by atoms with E-state index in [1.165, 1.54) is 0 Å². The molecular weight excluding hydrogens is 254 g/mol. The molecule has 2 aromatic rings. The minimum Gasteiger partial charge on any atom is -0.485 e. The van der Waals surface area contributed by atoms with Crippen LogP contribution in [0.15, 0.2) is 36.5 Å². The minimum absolute atomic E-state index is 0.182. The Morgan fingerprint density at radius 3 is 2.85 bits per heavy atom. The van der Waals surface area contributed by atoms with Crippen LogP contribution in [0.2, 0.25) is 0 Å². The van der Waals surface area contributed by atoms with Crippen LogP contribution in [0.5, 0.6) is 11.6 Å². The summed E-state index contributed by atoms with van der Waals surface area (Å²) < 4.78 is 11.0. The molecule has 0 saturated carbocycles. The van der Waals surface area contributed by atoms with E-state index < -0.39 is 6.10 Å².